The predicted octanol–water partition coefficient (Wildman–Crippen LogP) is 3.71. The van der Waals surface area contributed by atoms with Gasteiger partial charge >= 0.3 is 0 Å². The number of furan rings is 1. The van der Waals surface area contributed by atoms with Crippen molar-refractivity contribution in [3.63, 3.8) is 0 Å². The zero-order valence-corrected chi connectivity index (χ0v) is 14.7. The maximum atomic E-state index is 12.4. The first-order valence-corrected chi connectivity index (χ1v) is 8.86. The van der Waals surface area contributed by atoms with Gasteiger partial charge in [-0.3, -0.25) is 9.59 Å². The van der Waals surface area contributed by atoms with Crippen LogP contribution in [0.15, 0.2) is 51.7 Å². The van der Waals surface area contributed by atoms with Crippen LogP contribution in [0.25, 0.3) is 11.3 Å². The van der Waals surface area contributed by atoms with E-state index in [1.807, 2.05) is 24.3 Å². The Morgan fingerprint density at radius 1 is 1.19 bits per heavy atom. The number of H-pyrrole nitrogens is 1. The van der Waals surface area contributed by atoms with Gasteiger partial charge in [-0.2, -0.15) is 0 Å². The number of hydrogen-bond acceptors (Lipinski definition) is 3. The molecule has 0 radical (unpaired) electrons. The molecule has 1 amide bonds. The highest BCUT2D eigenvalue weighted by atomic mass is 35.5. The Bertz CT molecular complexity index is 1040. The molecule has 26 heavy (non-hydrogen) atoms. The molecular formula is C20H17ClN2O3. The highest BCUT2D eigenvalue weighted by molar-refractivity contribution is 6.30. The van der Waals surface area contributed by atoms with Gasteiger partial charge in [-0.05, 0) is 55.2 Å². The van der Waals surface area contributed by atoms with Gasteiger partial charge in [-0.25, -0.2) is 0 Å². The van der Waals surface area contributed by atoms with Crippen LogP contribution in [-0.4, -0.2) is 10.9 Å². The predicted molar refractivity (Wildman–Crippen MR) is 99.4 cm³/mol. The number of hydrogen-bond donors (Lipinski definition) is 2. The Morgan fingerprint density at radius 2 is 2.08 bits per heavy atom. The zero-order chi connectivity index (χ0) is 18.1. The summed E-state index contributed by atoms with van der Waals surface area (Å²) in [6.07, 6.45) is 2.77. The van der Waals surface area contributed by atoms with Gasteiger partial charge in [0.15, 0.2) is 0 Å². The van der Waals surface area contributed by atoms with E-state index in [9.17, 15) is 9.59 Å². The third-order valence-electron chi connectivity index (χ3n) is 4.53. The SMILES string of the molecule is O=C(NCc1ccc(-c2cccc(Cl)c2)o1)c1cc2c([nH]c1=O)CCC2. The second kappa shape index (κ2) is 6.84. The second-order valence-corrected chi connectivity index (χ2v) is 6.76. The summed E-state index contributed by atoms with van der Waals surface area (Å²) in [5, 5.41) is 3.37. The Balaban J connectivity index is 1.46. The van der Waals surface area contributed by atoms with Gasteiger partial charge in [0.25, 0.3) is 11.5 Å². The molecule has 0 unspecified atom stereocenters. The molecule has 132 valence electrons. The second-order valence-electron chi connectivity index (χ2n) is 6.33. The number of fused-ring (bicyclic) bond motifs is 1. The van der Waals surface area contributed by atoms with Crippen LogP contribution in [0, 0.1) is 0 Å². The molecule has 0 atom stereocenters. The van der Waals surface area contributed by atoms with E-state index in [2.05, 4.69) is 10.3 Å². The molecular weight excluding hydrogens is 352 g/mol. The number of aryl methyl sites for hydroxylation is 2. The molecule has 2 aromatic heterocycles. The van der Waals surface area contributed by atoms with Crippen LogP contribution in [0.5, 0.6) is 0 Å². The highest BCUT2D eigenvalue weighted by Gasteiger charge is 2.18. The monoisotopic (exact) mass is 368 g/mol. The molecule has 1 aromatic carbocycles. The maximum absolute atomic E-state index is 12.4. The lowest BCUT2D eigenvalue weighted by Crippen LogP contribution is -2.29. The number of rotatable bonds is 4. The summed E-state index contributed by atoms with van der Waals surface area (Å²) < 4.78 is 5.76. The van der Waals surface area contributed by atoms with Crippen LogP contribution in [0.3, 0.4) is 0 Å². The third kappa shape index (κ3) is 3.30. The van der Waals surface area contributed by atoms with Gasteiger partial charge in [0.05, 0.1) is 6.54 Å². The van der Waals surface area contributed by atoms with Gasteiger partial charge in [0.1, 0.15) is 17.1 Å². The van der Waals surface area contributed by atoms with Crippen LogP contribution in [0.1, 0.15) is 33.8 Å². The van der Waals surface area contributed by atoms with Crippen molar-refractivity contribution in [1.29, 1.82) is 0 Å². The lowest BCUT2D eigenvalue weighted by atomic mass is 10.1. The number of pyridine rings is 1. The van der Waals surface area contributed by atoms with Crippen LogP contribution in [-0.2, 0) is 19.4 Å². The van der Waals surface area contributed by atoms with Crippen LogP contribution < -0.4 is 10.9 Å². The number of halogens is 1. The van der Waals surface area contributed by atoms with Crippen LogP contribution in [0.2, 0.25) is 5.02 Å². The Hall–Kier alpha value is -2.79. The molecule has 0 bridgehead atoms. The van der Waals surface area contributed by atoms with Gasteiger partial charge in [0, 0.05) is 16.3 Å². The molecule has 6 heteroatoms. The zero-order valence-electron chi connectivity index (χ0n) is 14.0. The van der Waals surface area contributed by atoms with Crippen LogP contribution >= 0.6 is 11.6 Å². The number of aromatic nitrogens is 1. The lowest BCUT2D eigenvalue weighted by Gasteiger charge is -2.05. The summed E-state index contributed by atoms with van der Waals surface area (Å²) in [7, 11) is 0. The Morgan fingerprint density at radius 3 is 2.92 bits per heavy atom. The highest BCUT2D eigenvalue weighted by Crippen LogP contribution is 2.25. The Kier molecular flexibility index (Phi) is 4.39. The topological polar surface area (TPSA) is 75.1 Å². The first-order chi connectivity index (χ1) is 12.6. The fourth-order valence-electron chi connectivity index (χ4n) is 3.21. The molecule has 2 heterocycles. The number of carbonyl (C=O) groups is 1. The first-order valence-electron chi connectivity index (χ1n) is 8.48. The molecule has 0 spiro atoms. The van der Waals surface area contributed by atoms with E-state index in [1.165, 1.54) is 0 Å². The van der Waals surface area contributed by atoms with Crippen molar-refractivity contribution in [3.05, 3.63) is 80.4 Å². The van der Waals surface area contributed by atoms with E-state index in [0.29, 0.717) is 16.5 Å². The number of nitrogens with one attached hydrogen (secondary N) is 2. The van der Waals surface area contributed by atoms with Crippen molar-refractivity contribution in [1.82, 2.24) is 10.3 Å². The van der Waals surface area contributed by atoms with E-state index >= 15 is 0 Å². The van der Waals surface area contributed by atoms with Gasteiger partial charge < -0.3 is 14.7 Å². The van der Waals surface area contributed by atoms with Gasteiger partial charge in [-0.15, -0.1) is 0 Å². The number of carbonyl (C=O) groups excluding carboxylic acids is 1. The fraction of sp³-hybridized carbons (Fsp3) is 0.200. The summed E-state index contributed by atoms with van der Waals surface area (Å²) in [5.41, 5.74) is 2.67. The summed E-state index contributed by atoms with van der Waals surface area (Å²) in [6.45, 7) is 0.204. The summed E-state index contributed by atoms with van der Waals surface area (Å²) in [4.78, 5) is 27.3. The maximum Gasteiger partial charge on any atom is 0.261 e. The first kappa shape index (κ1) is 16.7. The van der Waals surface area contributed by atoms with Crippen molar-refractivity contribution in [2.45, 2.75) is 25.8 Å². The third-order valence-corrected chi connectivity index (χ3v) is 4.76. The Labute approximate surface area is 155 Å². The molecule has 0 fully saturated rings. The molecule has 0 aliphatic heterocycles. The van der Waals surface area contributed by atoms with Crippen molar-refractivity contribution >= 4 is 17.5 Å². The lowest BCUT2D eigenvalue weighted by molar-refractivity contribution is 0.0946. The summed E-state index contributed by atoms with van der Waals surface area (Å²) in [5.74, 6) is 0.875. The van der Waals surface area contributed by atoms with Gasteiger partial charge in [0.2, 0.25) is 0 Å². The molecule has 4 rings (SSSR count). The smallest absolute Gasteiger partial charge is 0.261 e. The quantitative estimate of drug-likeness (QED) is 0.737. The normalized spacial score (nSPS) is 12.8. The number of aromatic amines is 1. The minimum Gasteiger partial charge on any atom is -0.459 e. The summed E-state index contributed by atoms with van der Waals surface area (Å²) in [6, 6.07) is 12.7. The largest absolute Gasteiger partial charge is 0.459 e. The molecule has 0 saturated heterocycles. The molecule has 2 N–H and O–H groups in total. The van der Waals surface area contributed by atoms with E-state index in [1.54, 1.807) is 18.2 Å². The molecule has 1 aliphatic carbocycles. The average molecular weight is 369 g/mol. The van der Waals surface area contributed by atoms with E-state index < -0.39 is 5.91 Å². The van der Waals surface area contributed by atoms with Crippen molar-refractivity contribution in [2.75, 3.05) is 0 Å². The van der Waals surface area contributed by atoms with E-state index in [4.69, 9.17) is 16.0 Å². The minimum absolute atomic E-state index is 0.146. The van der Waals surface area contributed by atoms with E-state index in [-0.39, 0.29) is 17.7 Å². The summed E-state index contributed by atoms with van der Waals surface area (Å²) >= 11 is 6.00. The fourth-order valence-corrected chi connectivity index (χ4v) is 3.40. The molecule has 5 nitrogen and oxygen atoms in total. The number of amides is 1. The molecule has 3 aromatic rings. The van der Waals surface area contributed by atoms with Crippen molar-refractivity contribution < 1.29 is 9.21 Å². The standard InChI is InChI=1S/C20H17ClN2O3/c21-14-5-1-4-13(9-14)18-8-7-15(26-18)11-22-19(24)16-10-12-3-2-6-17(12)23-20(16)25/h1,4-5,7-10H,2-3,6,11H2,(H,22,24)(H,23,25). The van der Waals surface area contributed by atoms with Crippen LogP contribution in [0.4, 0.5) is 0 Å². The minimum atomic E-state index is -0.401. The van der Waals surface area contributed by atoms with Crippen molar-refractivity contribution in [2.24, 2.45) is 0 Å². The number of benzene rings is 1. The average Bonchev–Trinajstić information content (AvgIpc) is 3.28. The molecule has 1 aliphatic rings. The van der Waals surface area contributed by atoms with E-state index in [0.717, 1.165) is 36.1 Å². The van der Waals surface area contributed by atoms with Gasteiger partial charge in [-0.1, -0.05) is 23.7 Å². The molecule has 0 saturated carbocycles. The van der Waals surface area contributed by atoms with Crippen molar-refractivity contribution in [3.8, 4) is 11.3 Å².